The Bertz CT molecular complexity index is 1710. The first-order chi connectivity index (χ1) is 22.8. The van der Waals surface area contributed by atoms with E-state index in [-0.39, 0.29) is 11.7 Å². The molecule has 0 saturated carbocycles. The first-order valence-electron chi connectivity index (χ1n) is 16.3. The standard InChI is InChI=1S/C35H42F2N8O2/c1-4-34(46)41-30-19-25(6-8-27-20-29(39-23-38-27)24-7-9-31-26(18-24)22-40-42(31)3)33(47-35(36)37)21-32(30)45-12-10-28(11-13-45)44-16-14-43(5-2)15-17-44/h4,7,9,18-23,28,35H,1,5-6,8,10-17H2,2-3H3,(H,41,46). The molecule has 10 nitrogen and oxygen atoms in total. The molecule has 0 atom stereocenters. The minimum absolute atomic E-state index is 0.0979. The average molecular weight is 645 g/mol. The quantitative estimate of drug-likeness (QED) is 0.225. The smallest absolute Gasteiger partial charge is 0.387 e. The lowest BCUT2D eigenvalue weighted by Crippen LogP contribution is -2.53. The minimum Gasteiger partial charge on any atom is -0.434 e. The summed E-state index contributed by atoms with van der Waals surface area (Å²) in [6, 6.07) is 11.8. The number of benzene rings is 2. The molecule has 47 heavy (non-hydrogen) atoms. The molecule has 4 aromatic rings. The van der Waals surface area contributed by atoms with Crippen LogP contribution in [-0.2, 0) is 24.7 Å². The molecule has 0 spiro atoms. The summed E-state index contributed by atoms with van der Waals surface area (Å²) in [7, 11) is 1.90. The third-order valence-corrected chi connectivity index (χ3v) is 9.43. The molecule has 1 N–H and O–H groups in total. The van der Waals surface area contributed by atoms with Crippen LogP contribution in [0.3, 0.4) is 0 Å². The summed E-state index contributed by atoms with van der Waals surface area (Å²) in [5.74, 6) is -0.268. The molecule has 0 radical (unpaired) electrons. The Morgan fingerprint density at radius 2 is 1.85 bits per heavy atom. The summed E-state index contributed by atoms with van der Waals surface area (Å²) < 4.78 is 34.3. The number of hydrogen-bond donors (Lipinski definition) is 1. The van der Waals surface area contributed by atoms with E-state index in [0.717, 1.165) is 86.5 Å². The average Bonchev–Trinajstić information content (AvgIpc) is 3.47. The van der Waals surface area contributed by atoms with Gasteiger partial charge in [0.05, 0.1) is 28.8 Å². The number of nitrogens with zero attached hydrogens (tertiary/aromatic N) is 7. The van der Waals surface area contributed by atoms with Gasteiger partial charge in [-0.15, -0.1) is 0 Å². The van der Waals surface area contributed by atoms with E-state index in [2.05, 4.69) is 48.6 Å². The number of likely N-dealkylation sites (N-methyl/N-ethyl adjacent to an activating group) is 1. The maximum absolute atomic E-state index is 13.7. The maximum Gasteiger partial charge on any atom is 0.387 e. The van der Waals surface area contributed by atoms with Gasteiger partial charge in [0.2, 0.25) is 5.91 Å². The van der Waals surface area contributed by atoms with Crippen molar-refractivity contribution >= 4 is 28.2 Å². The van der Waals surface area contributed by atoms with Crippen molar-refractivity contribution in [1.82, 2.24) is 29.5 Å². The van der Waals surface area contributed by atoms with Crippen molar-refractivity contribution in [3.05, 3.63) is 72.8 Å². The van der Waals surface area contributed by atoms with Crippen LogP contribution in [0.4, 0.5) is 20.2 Å². The van der Waals surface area contributed by atoms with Gasteiger partial charge in [-0.05, 0) is 68.1 Å². The molecular formula is C35H42F2N8O2. The van der Waals surface area contributed by atoms with Gasteiger partial charge in [-0.25, -0.2) is 9.97 Å². The third kappa shape index (κ3) is 7.60. The molecule has 12 heteroatoms. The van der Waals surface area contributed by atoms with E-state index in [1.165, 1.54) is 12.4 Å². The van der Waals surface area contributed by atoms with Crippen molar-refractivity contribution < 1.29 is 18.3 Å². The number of nitrogens with one attached hydrogen (secondary N) is 1. The number of hydrogen-bond acceptors (Lipinski definition) is 8. The highest BCUT2D eigenvalue weighted by Gasteiger charge is 2.29. The van der Waals surface area contributed by atoms with Crippen LogP contribution in [0.1, 0.15) is 31.0 Å². The number of fused-ring (bicyclic) bond motifs is 1. The van der Waals surface area contributed by atoms with Crippen molar-refractivity contribution in [3.8, 4) is 17.0 Å². The van der Waals surface area contributed by atoms with E-state index in [0.29, 0.717) is 35.8 Å². The number of ether oxygens (including phenoxy) is 1. The zero-order valence-corrected chi connectivity index (χ0v) is 27.0. The van der Waals surface area contributed by atoms with E-state index >= 15 is 0 Å². The summed E-state index contributed by atoms with van der Waals surface area (Å²) in [6.07, 6.45) is 7.27. The largest absolute Gasteiger partial charge is 0.434 e. The van der Waals surface area contributed by atoms with Crippen LogP contribution in [0.5, 0.6) is 5.75 Å². The first kappa shape index (κ1) is 32.5. The highest BCUT2D eigenvalue weighted by Crippen LogP contribution is 2.37. The van der Waals surface area contributed by atoms with Crippen LogP contribution in [0.2, 0.25) is 0 Å². The normalized spacial score (nSPS) is 16.6. The summed E-state index contributed by atoms with van der Waals surface area (Å²) in [4.78, 5) is 28.6. The second-order valence-electron chi connectivity index (χ2n) is 12.2. The molecule has 1 amide bonds. The highest BCUT2D eigenvalue weighted by atomic mass is 19.3. The van der Waals surface area contributed by atoms with Crippen molar-refractivity contribution in [1.29, 1.82) is 0 Å². The first-order valence-corrected chi connectivity index (χ1v) is 16.3. The summed E-state index contributed by atoms with van der Waals surface area (Å²) >= 11 is 0. The molecule has 6 rings (SSSR count). The predicted molar refractivity (Wildman–Crippen MR) is 180 cm³/mol. The number of amides is 1. The molecule has 2 aromatic carbocycles. The second-order valence-corrected chi connectivity index (χ2v) is 12.2. The number of halogens is 2. The van der Waals surface area contributed by atoms with Gasteiger partial charge in [0.25, 0.3) is 0 Å². The third-order valence-electron chi connectivity index (χ3n) is 9.43. The van der Waals surface area contributed by atoms with Crippen molar-refractivity contribution in [2.75, 3.05) is 56.0 Å². The zero-order valence-electron chi connectivity index (χ0n) is 27.0. The monoisotopic (exact) mass is 644 g/mol. The lowest BCUT2D eigenvalue weighted by molar-refractivity contribution is -0.111. The summed E-state index contributed by atoms with van der Waals surface area (Å²) in [5.41, 5.74) is 5.24. The minimum atomic E-state index is -2.99. The van der Waals surface area contributed by atoms with E-state index < -0.39 is 6.61 Å². The van der Waals surface area contributed by atoms with E-state index in [1.807, 2.05) is 42.2 Å². The molecule has 2 aromatic heterocycles. The van der Waals surface area contributed by atoms with Gasteiger partial charge in [-0.1, -0.05) is 19.6 Å². The molecule has 248 valence electrons. The number of anilines is 2. The molecular weight excluding hydrogens is 602 g/mol. The number of aryl methyl sites for hydroxylation is 3. The van der Waals surface area contributed by atoms with Gasteiger partial charge in [0.15, 0.2) is 0 Å². The predicted octanol–water partition coefficient (Wildman–Crippen LogP) is 5.15. The van der Waals surface area contributed by atoms with Crippen LogP contribution in [0.15, 0.2) is 61.6 Å². The van der Waals surface area contributed by atoms with Crippen LogP contribution in [0.25, 0.3) is 22.2 Å². The van der Waals surface area contributed by atoms with Gasteiger partial charge in [-0.3, -0.25) is 14.4 Å². The molecule has 4 heterocycles. The van der Waals surface area contributed by atoms with Crippen LogP contribution < -0.4 is 15.0 Å². The molecule has 0 unspecified atom stereocenters. The second kappa shape index (κ2) is 14.6. The van der Waals surface area contributed by atoms with E-state index in [4.69, 9.17) is 4.74 Å². The number of alkyl halides is 2. The van der Waals surface area contributed by atoms with Crippen molar-refractivity contribution in [2.24, 2.45) is 7.05 Å². The van der Waals surface area contributed by atoms with Gasteiger partial charge in [0.1, 0.15) is 12.1 Å². The zero-order chi connectivity index (χ0) is 32.9. The Kier molecular flexibility index (Phi) is 10.1. The Labute approximate surface area is 274 Å². The molecule has 2 aliphatic rings. The Morgan fingerprint density at radius 1 is 1.06 bits per heavy atom. The fraction of sp³-hybridized carbons (Fsp3) is 0.429. The van der Waals surface area contributed by atoms with Crippen molar-refractivity contribution in [3.63, 3.8) is 0 Å². The number of rotatable bonds is 11. The summed E-state index contributed by atoms with van der Waals surface area (Å²) in [5, 5.41) is 8.24. The Balaban J connectivity index is 1.21. The Morgan fingerprint density at radius 3 is 2.57 bits per heavy atom. The van der Waals surface area contributed by atoms with Crippen molar-refractivity contribution in [2.45, 2.75) is 45.3 Å². The van der Waals surface area contributed by atoms with Crippen LogP contribution in [-0.4, -0.2) is 93.9 Å². The summed E-state index contributed by atoms with van der Waals surface area (Å²) in [6.45, 7) is 9.68. The molecule has 0 aliphatic carbocycles. The highest BCUT2D eigenvalue weighted by molar-refractivity contribution is 6.01. The Hall–Kier alpha value is -4.42. The SMILES string of the molecule is C=CC(=O)Nc1cc(CCc2cc(-c3ccc4c(cnn4C)c3)ncn2)c(OC(F)F)cc1N1CCC(N2CCN(CC)CC2)CC1. The number of carbonyl (C=O) groups is 1. The fourth-order valence-electron chi connectivity index (χ4n) is 6.75. The number of carbonyl (C=O) groups excluding carboxylic acids is 1. The molecule has 2 fully saturated rings. The van der Waals surface area contributed by atoms with Gasteiger partial charge >= 0.3 is 6.61 Å². The molecule has 2 aliphatic heterocycles. The van der Waals surface area contributed by atoms with E-state index in [1.54, 1.807) is 12.1 Å². The molecule has 2 saturated heterocycles. The number of aromatic nitrogens is 4. The van der Waals surface area contributed by atoms with Crippen LogP contribution in [0, 0.1) is 0 Å². The number of piperazine rings is 1. The maximum atomic E-state index is 13.7. The van der Waals surface area contributed by atoms with Gasteiger partial charge < -0.3 is 19.9 Å². The lowest BCUT2D eigenvalue weighted by atomic mass is 9.99. The topological polar surface area (TPSA) is 91.6 Å². The van der Waals surface area contributed by atoms with Gasteiger partial charge in [0, 0.05) is 75.1 Å². The molecule has 0 bridgehead atoms. The number of piperidine rings is 1. The van der Waals surface area contributed by atoms with Gasteiger partial charge in [-0.2, -0.15) is 13.9 Å². The van der Waals surface area contributed by atoms with E-state index in [9.17, 15) is 13.6 Å². The lowest BCUT2D eigenvalue weighted by Gasteiger charge is -2.43. The fourth-order valence-corrected chi connectivity index (χ4v) is 6.75. The van der Waals surface area contributed by atoms with Crippen LogP contribution >= 0.6 is 0 Å².